The van der Waals surface area contributed by atoms with Crippen molar-refractivity contribution >= 4 is 0 Å². The molecular weight excluding hydrogens is 258 g/mol. The number of likely N-dealkylation sites (N-methyl/N-ethyl adjacent to an activating group) is 1. The van der Waals surface area contributed by atoms with Gasteiger partial charge in [0.1, 0.15) is 0 Å². The van der Waals surface area contributed by atoms with Crippen molar-refractivity contribution in [3.8, 4) is 0 Å². The first kappa shape index (κ1) is 15.7. The van der Waals surface area contributed by atoms with Gasteiger partial charge in [-0.15, -0.1) is 0 Å². The third-order valence-corrected chi connectivity index (χ3v) is 3.97. The second-order valence-electron chi connectivity index (χ2n) is 5.81. The van der Waals surface area contributed by atoms with E-state index in [2.05, 4.69) is 53.4 Å². The molecule has 0 bridgehead atoms. The lowest BCUT2D eigenvalue weighted by Gasteiger charge is -2.29. The van der Waals surface area contributed by atoms with Gasteiger partial charge in [-0.1, -0.05) is 60.7 Å². The number of aryl methyl sites for hydroxylation is 1. The fourth-order valence-electron chi connectivity index (χ4n) is 2.67. The Balaban J connectivity index is 1.94. The minimum atomic E-state index is -0.319. The molecule has 2 aromatic rings. The minimum Gasteiger partial charge on any atom is -0.391 e. The van der Waals surface area contributed by atoms with E-state index in [0.29, 0.717) is 0 Å². The first-order valence-corrected chi connectivity index (χ1v) is 7.59. The molecule has 0 aliphatic heterocycles. The Kier molecular flexibility index (Phi) is 5.97. The van der Waals surface area contributed by atoms with Crippen LogP contribution in [0.4, 0.5) is 0 Å². The molecule has 2 rings (SSSR count). The van der Waals surface area contributed by atoms with E-state index in [9.17, 15) is 5.11 Å². The molecule has 0 spiro atoms. The van der Waals surface area contributed by atoms with Gasteiger partial charge in [0, 0.05) is 6.04 Å². The Hall–Kier alpha value is -1.64. The predicted molar refractivity (Wildman–Crippen MR) is 88.4 cm³/mol. The molecule has 0 saturated carbocycles. The lowest BCUT2D eigenvalue weighted by Crippen LogP contribution is -2.41. The van der Waals surface area contributed by atoms with Gasteiger partial charge >= 0.3 is 0 Å². The minimum absolute atomic E-state index is 0.149. The number of aliphatic hydroxyl groups is 1. The number of hydrogen-bond acceptors (Lipinski definition) is 2. The highest BCUT2D eigenvalue weighted by Gasteiger charge is 2.21. The highest BCUT2D eigenvalue weighted by molar-refractivity contribution is 5.17. The summed E-state index contributed by atoms with van der Waals surface area (Å²) in [6.07, 6.45) is 2.27. The zero-order valence-electron chi connectivity index (χ0n) is 12.9. The number of hydrogen-bond donors (Lipinski definition) is 1. The number of aliphatic hydroxyl groups excluding tert-OH is 1. The van der Waals surface area contributed by atoms with Gasteiger partial charge in [-0.3, -0.25) is 0 Å². The molecule has 0 amide bonds. The maximum atomic E-state index is 10.6. The van der Waals surface area contributed by atoms with Crippen LogP contribution >= 0.6 is 0 Å². The van der Waals surface area contributed by atoms with E-state index in [4.69, 9.17) is 0 Å². The van der Waals surface area contributed by atoms with Gasteiger partial charge in [0.15, 0.2) is 0 Å². The normalized spacial score (nSPS) is 14.1. The van der Waals surface area contributed by atoms with Crippen LogP contribution in [0.2, 0.25) is 0 Å². The van der Waals surface area contributed by atoms with Gasteiger partial charge in [-0.25, -0.2) is 0 Å². The Bertz CT molecular complexity index is 510. The van der Waals surface area contributed by atoms with E-state index in [1.54, 1.807) is 0 Å². The van der Waals surface area contributed by atoms with Crippen LogP contribution in [0.15, 0.2) is 60.7 Å². The van der Waals surface area contributed by atoms with Crippen LogP contribution in [0.25, 0.3) is 0 Å². The van der Waals surface area contributed by atoms with Gasteiger partial charge in [-0.2, -0.15) is 0 Å². The molecule has 0 aromatic heterocycles. The molecule has 2 nitrogen and oxygen atoms in total. The van der Waals surface area contributed by atoms with Crippen molar-refractivity contribution in [2.75, 3.05) is 14.1 Å². The lowest BCUT2D eigenvalue weighted by molar-refractivity contribution is 0.0694. The van der Waals surface area contributed by atoms with Crippen LogP contribution in [-0.2, 0) is 12.8 Å². The van der Waals surface area contributed by atoms with E-state index in [1.165, 1.54) is 11.1 Å². The van der Waals surface area contributed by atoms with Crippen molar-refractivity contribution < 1.29 is 5.11 Å². The Morgan fingerprint density at radius 3 is 1.90 bits per heavy atom. The summed E-state index contributed by atoms with van der Waals surface area (Å²) in [5, 5.41) is 10.6. The number of rotatable bonds is 7. The highest BCUT2D eigenvalue weighted by atomic mass is 16.3. The van der Waals surface area contributed by atoms with E-state index >= 15 is 0 Å². The van der Waals surface area contributed by atoms with Crippen molar-refractivity contribution in [3.05, 3.63) is 71.8 Å². The smallest absolute Gasteiger partial charge is 0.0701 e. The van der Waals surface area contributed by atoms with Crippen molar-refractivity contribution in [1.29, 1.82) is 0 Å². The zero-order chi connectivity index (χ0) is 15.1. The Morgan fingerprint density at radius 1 is 0.857 bits per heavy atom. The van der Waals surface area contributed by atoms with Crippen LogP contribution in [0.5, 0.6) is 0 Å². The quantitative estimate of drug-likeness (QED) is 0.844. The first-order chi connectivity index (χ1) is 10.2. The second kappa shape index (κ2) is 7.96. The maximum absolute atomic E-state index is 10.6. The monoisotopic (exact) mass is 283 g/mol. The zero-order valence-corrected chi connectivity index (χ0v) is 12.9. The van der Waals surface area contributed by atoms with Gasteiger partial charge < -0.3 is 10.0 Å². The molecule has 0 heterocycles. The summed E-state index contributed by atoms with van der Waals surface area (Å²) in [6.45, 7) is 0. The van der Waals surface area contributed by atoms with Crippen molar-refractivity contribution in [1.82, 2.24) is 4.90 Å². The Labute approximate surface area is 128 Å². The molecule has 2 aromatic carbocycles. The molecule has 2 atom stereocenters. The third kappa shape index (κ3) is 5.00. The highest BCUT2D eigenvalue weighted by Crippen LogP contribution is 2.15. The van der Waals surface area contributed by atoms with E-state index in [0.717, 1.165) is 19.3 Å². The van der Waals surface area contributed by atoms with E-state index in [-0.39, 0.29) is 12.1 Å². The van der Waals surface area contributed by atoms with Crippen molar-refractivity contribution in [3.63, 3.8) is 0 Å². The van der Waals surface area contributed by atoms with Crippen molar-refractivity contribution in [2.24, 2.45) is 0 Å². The first-order valence-electron chi connectivity index (χ1n) is 7.59. The van der Waals surface area contributed by atoms with Gasteiger partial charge in [0.25, 0.3) is 0 Å². The lowest BCUT2D eigenvalue weighted by atomic mass is 9.96. The summed E-state index contributed by atoms with van der Waals surface area (Å²) < 4.78 is 0. The number of benzene rings is 2. The van der Waals surface area contributed by atoms with Crippen LogP contribution in [0.3, 0.4) is 0 Å². The third-order valence-electron chi connectivity index (χ3n) is 3.97. The molecule has 21 heavy (non-hydrogen) atoms. The summed E-state index contributed by atoms with van der Waals surface area (Å²) in [7, 11) is 4.08. The van der Waals surface area contributed by atoms with E-state index in [1.807, 2.05) is 26.2 Å². The van der Waals surface area contributed by atoms with Crippen LogP contribution < -0.4 is 0 Å². The van der Waals surface area contributed by atoms with Crippen LogP contribution in [-0.4, -0.2) is 36.2 Å². The fourth-order valence-corrected chi connectivity index (χ4v) is 2.67. The molecule has 2 heteroatoms. The van der Waals surface area contributed by atoms with Crippen molar-refractivity contribution in [2.45, 2.75) is 31.4 Å². The maximum Gasteiger partial charge on any atom is 0.0701 e. The van der Waals surface area contributed by atoms with Crippen LogP contribution in [0, 0.1) is 0 Å². The SMILES string of the molecule is CN(C)C(Cc1ccccc1)C(O)CCc1ccccc1. The van der Waals surface area contributed by atoms with E-state index < -0.39 is 0 Å². The topological polar surface area (TPSA) is 23.5 Å². The summed E-state index contributed by atoms with van der Waals surface area (Å²) in [5.74, 6) is 0. The fraction of sp³-hybridized carbons (Fsp3) is 0.368. The van der Waals surface area contributed by atoms with Gasteiger partial charge in [0.05, 0.1) is 6.10 Å². The summed E-state index contributed by atoms with van der Waals surface area (Å²) in [5.41, 5.74) is 2.56. The molecule has 2 unspecified atom stereocenters. The molecule has 0 aliphatic carbocycles. The largest absolute Gasteiger partial charge is 0.391 e. The predicted octanol–water partition coefficient (Wildman–Crippen LogP) is 3.15. The second-order valence-corrected chi connectivity index (χ2v) is 5.81. The average Bonchev–Trinajstić information content (AvgIpc) is 2.52. The molecule has 112 valence electrons. The van der Waals surface area contributed by atoms with Gasteiger partial charge in [0.2, 0.25) is 0 Å². The summed E-state index contributed by atoms with van der Waals surface area (Å²) in [6, 6.07) is 20.9. The molecular formula is C19H25NO. The molecule has 0 aliphatic rings. The Morgan fingerprint density at radius 2 is 1.38 bits per heavy atom. The summed E-state index contributed by atoms with van der Waals surface area (Å²) >= 11 is 0. The standard InChI is InChI=1S/C19H25NO/c1-20(2)18(15-17-11-7-4-8-12-17)19(21)14-13-16-9-5-3-6-10-16/h3-12,18-19,21H,13-15H2,1-2H3. The van der Waals surface area contributed by atoms with Gasteiger partial charge in [-0.05, 0) is 44.5 Å². The average molecular weight is 283 g/mol. The summed E-state index contributed by atoms with van der Waals surface area (Å²) in [4.78, 5) is 2.13. The number of nitrogens with zero attached hydrogens (tertiary/aromatic N) is 1. The molecule has 0 fully saturated rings. The van der Waals surface area contributed by atoms with Crippen LogP contribution in [0.1, 0.15) is 17.5 Å². The molecule has 0 radical (unpaired) electrons. The molecule has 1 N–H and O–H groups in total. The molecule has 0 saturated heterocycles.